The smallest absolute Gasteiger partial charge is 0.0650 e. The van der Waals surface area contributed by atoms with Gasteiger partial charge in [-0.2, -0.15) is 0 Å². The molecule has 1 aliphatic rings. The SMILES string of the molecule is CCCCCCCCCC1(O)CCCC(CC)C1. The predicted octanol–water partition coefficient (Wildman–Crippen LogP) is 5.46. The van der Waals surface area contributed by atoms with Crippen LogP contribution in [0.4, 0.5) is 0 Å². The van der Waals surface area contributed by atoms with Gasteiger partial charge in [-0.05, 0) is 25.2 Å². The van der Waals surface area contributed by atoms with Crippen molar-refractivity contribution in [3.63, 3.8) is 0 Å². The maximum atomic E-state index is 10.6. The minimum absolute atomic E-state index is 0.303. The van der Waals surface area contributed by atoms with E-state index < -0.39 is 0 Å². The minimum atomic E-state index is -0.303. The van der Waals surface area contributed by atoms with Crippen molar-refractivity contribution in [2.45, 2.75) is 103 Å². The Morgan fingerprint density at radius 2 is 1.67 bits per heavy atom. The van der Waals surface area contributed by atoms with Gasteiger partial charge in [-0.15, -0.1) is 0 Å². The van der Waals surface area contributed by atoms with Gasteiger partial charge >= 0.3 is 0 Å². The van der Waals surface area contributed by atoms with Crippen LogP contribution in [0.15, 0.2) is 0 Å². The molecule has 0 aliphatic heterocycles. The lowest BCUT2D eigenvalue weighted by atomic mass is 9.75. The van der Waals surface area contributed by atoms with Crippen LogP contribution in [0.3, 0.4) is 0 Å². The molecule has 0 spiro atoms. The average Bonchev–Trinajstić information content (AvgIpc) is 2.37. The molecule has 2 unspecified atom stereocenters. The van der Waals surface area contributed by atoms with Crippen LogP contribution < -0.4 is 0 Å². The number of rotatable bonds is 9. The van der Waals surface area contributed by atoms with Gasteiger partial charge in [0, 0.05) is 0 Å². The molecule has 108 valence electrons. The maximum absolute atomic E-state index is 10.6. The normalized spacial score (nSPS) is 28.5. The third kappa shape index (κ3) is 6.22. The molecule has 0 aromatic carbocycles. The summed E-state index contributed by atoms with van der Waals surface area (Å²) in [6.45, 7) is 4.53. The highest BCUT2D eigenvalue weighted by Crippen LogP contribution is 2.37. The molecular formula is C17H34O. The second-order valence-electron chi connectivity index (χ2n) is 6.47. The van der Waals surface area contributed by atoms with Crippen molar-refractivity contribution in [3.05, 3.63) is 0 Å². The summed E-state index contributed by atoms with van der Waals surface area (Å²) in [7, 11) is 0. The van der Waals surface area contributed by atoms with Gasteiger partial charge in [-0.1, -0.05) is 78.1 Å². The second-order valence-corrected chi connectivity index (χ2v) is 6.47. The molecule has 0 bridgehead atoms. The fraction of sp³-hybridized carbons (Fsp3) is 1.00. The van der Waals surface area contributed by atoms with Crippen molar-refractivity contribution in [1.29, 1.82) is 0 Å². The van der Waals surface area contributed by atoms with Crippen LogP contribution in [-0.4, -0.2) is 10.7 Å². The molecule has 1 fully saturated rings. The third-order valence-corrected chi connectivity index (χ3v) is 4.75. The number of hydrogen-bond acceptors (Lipinski definition) is 1. The van der Waals surface area contributed by atoms with Crippen LogP contribution >= 0.6 is 0 Å². The quantitative estimate of drug-likeness (QED) is 0.542. The first-order chi connectivity index (χ1) is 8.70. The maximum Gasteiger partial charge on any atom is 0.0650 e. The Bertz CT molecular complexity index is 202. The summed E-state index contributed by atoms with van der Waals surface area (Å²) in [5.41, 5.74) is -0.303. The molecule has 1 heteroatoms. The van der Waals surface area contributed by atoms with Crippen LogP contribution in [0, 0.1) is 5.92 Å². The van der Waals surface area contributed by atoms with Gasteiger partial charge in [-0.25, -0.2) is 0 Å². The van der Waals surface area contributed by atoms with Crippen molar-refractivity contribution < 1.29 is 5.11 Å². The first kappa shape index (κ1) is 16.0. The van der Waals surface area contributed by atoms with Crippen LogP contribution in [0.25, 0.3) is 0 Å². The van der Waals surface area contributed by atoms with E-state index in [1.807, 2.05) is 0 Å². The van der Waals surface area contributed by atoms with Crippen LogP contribution in [-0.2, 0) is 0 Å². The van der Waals surface area contributed by atoms with E-state index in [1.54, 1.807) is 0 Å². The van der Waals surface area contributed by atoms with Gasteiger partial charge in [-0.3, -0.25) is 0 Å². The van der Waals surface area contributed by atoms with E-state index in [0.29, 0.717) is 0 Å². The number of hydrogen-bond donors (Lipinski definition) is 1. The van der Waals surface area contributed by atoms with Crippen molar-refractivity contribution in [3.8, 4) is 0 Å². The monoisotopic (exact) mass is 254 g/mol. The van der Waals surface area contributed by atoms with E-state index in [9.17, 15) is 5.11 Å². The molecule has 2 atom stereocenters. The van der Waals surface area contributed by atoms with E-state index in [0.717, 1.165) is 25.2 Å². The van der Waals surface area contributed by atoms with Gasteiger partial charge in [0.15, 0.2) is 0 Å². The fourth-order valence-corrected chi connectivity index (χ4v) is 3.45. The Kier molecular flexibility index (Phi) is 7.97. The first-order valence-electron chi connectivity index (χ1n) is 8.42. The van der Waals surface area contributed by atoms with E-state index >= 15 is 0 Å². The lowest BCUT2D eigenvalue weighted by Crippen LogP contribution is -2.35. The van der Waals surface area contributed by atoms with Crippen molar-refractivity contribution in [2.75, 3.05) is 0 Å². The zero-order valence-corrected chi connectivity index (χ0v) is 12.7. The van der Waals surface area contributed by atoms with E-state index in [4.69, 9.17) is 0 Å². The molecule has 1 rings (SSSR count). The predicted molar refractivity (Wildman–Crippen MR) is 79.8 cm³/mol. The van der Waals surface area contributed by atoms with Gasteiger partial charge in [0.25, 0.3) is 0 Å². The van der Waals surface area contributed by atoms with Gasteiger partial charge < -0.3 is 5.11 Å². The molecule has 1 aliphatic carbocycles. The highest BCUT2D eigenvalue weighted by atomic mass is 16.3. The summed E-state index contributed by atoms with van der Waals surface area (Å²) >= 11 is 0. The second kappa shape index (κ2) is 8.96. The Labute approximate surface area is 114 Å². The van der Waals surface area contributed by atoms with Crippen LogP contribution in [0.5, 0.6) is 0 Å². The minimum Gasteiger partial charge on any atom is -0.390 e. The van der Waals surface area contributed by atoms with Gasteiger partial charge in [0.2, 0.25) is 0 Å². The first-order valence-corrected chi connectivity index (χ1v) is 8.42. The van der Waals surface area contributed by atoms with Gasteiger partial charge in [0.05, 0.1) is 5.60 Å². The van der Waals surface area contributed by atoms with Crippen molar-refractivity contribution in [1.82, 2.24) is 0 Å². The molecule has 0 amide bonds. The summed E-state index contributed by atoms with van der Waals surface area (Å²) < 4.78 is 0. The highest BCUT2D eigenvalue weighted by molar-refractivity contribution is 4.85. The standard InChI is InChI=1S/C17H34O/c1-3-5-6-7-8-9-10-13-17(18)14-11-12-16(4-2)15-17/h16,18H,3-15H2,1-2H3. The molecule has 1 nitrogen and oxygen atoms in total. The summed E-state index contributed by atoms with van der Waals surface area (Å²) in [5.74, 6) is 0.785. The van der Waals surface area contributed by atoms with E-state index in [1.165, 1.54) is 64.2 Å². The molecule has 1 saturated carbocycles. The number of aliphatic hydroxyl groups is 1. The van der Waals surface area contributed by atoms with Crippen molar-refractivity contribution in [2.24, 2.45) is 5.92 Å². The Hall–Kier alpha value is -0.0400. The summed E-state index contributed by atoms with van der Waals surface area (Å²) in [5, 5.41) is 10.6. The molecule has 1 N–H and O–H groups in total. The van der Waals surface area contributed by atoms with Crippen molar-refractivity contribution >= 4 is 0 Å². The van der Waals surface area contributed by atoms with E-state index in [2.05, 4.69) is 13.8 Å². The number of unbranched alkanes of at least 4 members (excludes halogenated alkanes) is 6. The summed E-state index contributed by atoms with van der Waals surface area (Å²) in [6.07, 6.45) is 16.5. The third-order valence-electron chi connectivity index (χ3n) is 4.75. The lowest BCUT2D eigenvalue weighted by molar-refractivity contribution is -0.0255. The molecular weight excluding hydrogens is 220 g/mol. The fourth-order valence-electron chi connectivity index (χ4n) is 3.45. The zero-order chi connectivity index (χ0) is 13.3. The Morgan fingerprint density at radius 1 is 1.00 bits per heavy atom. The highest BCUT2D eigenvalue weighted by Gasteiger charge is 2.32. The topological polar surface area (TPSA) is 20.2 Å². The van der Waals surface area contributed by atoms with Gasteiger partial charge in [0.1, 0.15) is 0 Å². The zero-order valence-electron chi connectivity index (χ0n) is 12.7. The molecule has 0 aromatic rings. The average molecular weight is 254 g/mol. The largest absolute Gasteiger partial charge is 0.390 e. The summed E-state index contributed by atoms with van der Waals surface area (Å²) in [6, 6.07) is 0. The lowest BCUT2D eigenvalue weighted by Gasteiger charge is -2.36. The van der Waals surface area contributed by atoms with Crippen LogP contribution in [0.1, 0.15) is 97.3 Å². The molecule has 0 heterocycles. The summed E-state index contributed by atoms with van der Waals surface area (Å²) in [4.78, 5) is 0. The Morgan fingerprint density at radius 3 is 2.33 bits per heavy atom. The molecule has 0 aromatic heterocycles. The Balaban J connectivity index is 2.06. The van der Waals surface area contributed by atoms with E-state index in [-0.39, 0.29) is 5.60 Å². The van der Waals surface area contributed by atoms with Crippen LogP contribution in [0.2, 0.25) is 0 Å². The molecule has 18 heavy (non-hydrogen) atoms. The molecule has 0 saturated heterocycles. The molecule has 0 radical (unpaired) electrons.